The molecule has 0 aliphatic carbocycles. The Kier molecular flexibility index (Phi) is 3.91. The molecule has 3 rings (SSSR count). The van der Waals surface area contributed by atoms with Gasteiger partial charge >= 0.3 is 0 Å². The zero-order valence-corrected chi connectivity index (χ0v) is 11.0. The van der Waals surface area contributed by atoms with Gasteiger partial charge < -0.3 is 14.4 Å². The summed E-state index contributed by atoms with van der Waals surface area (Å²) in [4.78, 5) is 0. The molecule has 1 N–H and O–H groups in total. The second kappa shape index (κ2) is 6.00. The fourth-order valence-electron chi connectivity index (χ4n) is 2.09. The summed E-state index contributed by atoms with van der Waals surface area (Å²) >= 11 is 0. The lowest BCUT2D eigenvalue weighted by molar-refractivity contribution is -0.678. The van der Waals surface area contributed by atoms with Gasteiger partial charge in [-0.3, -0.25) is 0 Å². The van der Waals surface area contributed by atoms with Crippen LogP contribution in [0.15, 0.2) is 34.9 Å². The fraction of sp³-hybridized carbons (Fsp3) is 0.385. The van der Waals surface area contributed by atoms with Crippen LogP contribution in [0.25, 0.3) is 5.69 Å². The predicted octanol–water partition coefficient (Wildman–Crippen LogP) is -0.638. The first-order valence-electron chi connectivity index (χ1n) is 6.54. The van der Waals surface area contributed by atoms with Crippen molar-refractivity contribution >= 4 is 0 Å². The van der Waals surface area contributed by atoms with Crippen molar-refractivity contribution in [1.82, 2.24) is 15.7 Å². The second-order valence-electron chi connectivity index (χ2n) is 4.49. The third-order valence-corrected chi connectivity index (χ3v) is 3.18. The minimum absolute atomic E-state index is 0.372. The number of benzene rings is 1. The molecule has 20 heavy (non-hydrogen) atoms. The number of nitrogens with zero attached hydrogens (tertiary/aromatic N) is 3. The van der Waals surface area contributed by atoms with Crippen molar-refractivity contribution in [2.24, 2.45) is 0 Å². The van der Waals surface area contributed by atoms with Crippen LogP contribution in [0.1, 0.15) is 5.69 Å². The standard InChI is InChI=1S/C13H16N4O3/c18-13-12(10-14-16-6-8-19-9-7-16)17(15-20-13)11-4-2-1-3-5-11/h1-5,14H,6-10H2. The normalized spacial score (nSPS) is 16.4. The summed E-state index contributed by atoms with van der Waals surface area (Å²) in [6.45, 7) is 3.35. The van der Waals surface area contributed by atoms with Crippen LogP contribution in [0.3, 0.4) is 0 Å². The number of hydrogen-bond acceptors (Lipinski definition) is 6. The van der Waals surface area contributed by atoms with Crippen molar-refractivity contribution in [3.05, 3.63) is 36.0 Å². The molecule has 7 heteroatoms. The summed E-state index contributed by atoms with van der Waals surface area (Å²) in [5.41, 5.74) is 4.49. The summed E-state index contributed by atoms with van der Waals surface area (Å²) < 4.78 is 11.6. The Morgan fingerprint density at radius 3 is 2.75 bits per heavy atom. The van der Waals surface area contributed by atoms with Gasteiger partial charge in [-0.2, -0.15) is 0 Å². The number of hydrazine groups is 1. The molecule has 0 atom stereocenters. The highest BCUT2D eigenvalue weighted by atomic mass is 16.6. The lowest BCUT2D eigenvalue weighted by Gasteiger charge is -2.26. The number of aromatic nitrogens is 2. The number of para-hydroxylation sites is 1. The molecule has 0 amide bonds. The minimum atomic E-state index is -0.422. The molecule has 1 saturated heterocycles. The Morgan fingerprint density at radius 1 is 1.25 bits per heavy atom. The molecule has 1 aromatic carbocycles. The van der Waals surface area contributed by atoms with Gasteiger partial charge in [0, 0.05) is 25.2 Å². The highest BCUT2D eigenvalue weighted by molar-refractivity contribution is 5.22. The molecular weight excluding hydrogens is 260 g/mol. The van der Waals surface area contributed by atoms with Gasteiger partial charge in [-0.25, -0.2) is 10.4 Å². The minimum Gasteiger partial charge on any atom is -0.539 e. The Hall–Kier alpha value is -1.96. The molecule has 0 radical (unpaired) electrons. The van der Waals surface area contributed by atoms with Gasteiger partial charge in [0.15, 0.2) is 5.95 Å². The third-order valence-electron chi connectivity index (χ3n) is 3.18. The molecular formula is C13H16N4O3. The number of nitrogens with one attached hydrogen (secondary N) is 1. The van der Waals surface area contributed by atoms with Crippen LogP contribution in [0.4, 0.5) is 0 Å². The van der Waals surface area contributed by atoms with Crippen molar-refractivity contribution in [1.29, 1.82) is 0 Å². The van der Waals surface area contributed by atoms with Crippen molar-refractivity contribution < 1.29 is 19.0 Å². The molecule has 106 valence electrons. The predicted molar refractivity (Wildman–Crippen MR) is 66.7 cm³/mol. The monoisotopic (exact) mass is 276 g/mol. The van der Waals surface area contributed by atoms with Gasteiger partial charge in [0.05, 0.1) is 18.5 Å². The van der Waals surface area contributed by atoms with E-state index >= 15 is 0 Å². The highest BCUT2D eigenvalue weighted by Gasteiger charge is 2.21. The van der Waals surface area contributed by atoms with Crippen molar-refractivity contribution in [3.8, 4) is 11.6 Å². The summed E-state index contributed by atoms with van der Waals surface area (Å²) in [5.74, 6) is -0.422. The lowest BCUT2D eigenvalue weighted by atomic mass is 10.3. The third kappa shape index (κ3) is 2.79. The average molecular weight is 276 g/mol. The van der Waals surface area contributed by atoms with Crippen LogP contribution in [-0.4, -0.2) is 36.6 Å². The number of ether oxygens (including phenoxy) is 1. The molecule has 0 bridgehead atoms. The molecule has 7 nitrogen and oxygen atoms in total. The molecule has 2 aromatic rings. The van der Waals surface area contributed by atoms with E-state index in [0.29, 0.717) is 25.5 Å². The van der Waals surface area contributed by atoms with Crippen LogP contribution in [0.2, 0.25) is 0 Å². The molecule has 1 aliphatic heterocycles. The van der Waals surface area contributed by atoms with E-state index in [1.54, 1.807) is 0 Å². The van der Waals surface area contributed by atoms with Crippen molar-refractivity contribution in [3.63, 3.8) is 0 Å². The largest absolute Gasteiger partial charge is 0.539 e. The molecule has 2 heterocycles. The van der Waals surface area contributed by atoms with E-state index < -0.39 is 5.95 Å². The first-order chi connectivity index (χ1) is 9.84. The summed E-state index contributed by atoms with van der Waals surface area (Å²) in [7, 11) is 0. The SMILES string of the molecule is [O-]c1on[n+](-c2ccccc2)c1CNN1CCOCC1. The molecule has 1 aliphatic rings. The zero-order valence-electron chi connectivity index (χ0n) is 11.0. The van der Waals surface area contributed by atoms with E-state index in [1.807, 2.05) is 35.3 Å². The van der Waals surface area contributed by atoms with Gasteiger partial charge in [-0.15, -0.1) is 0 Å². The highest BCUT2D eigenvalue weighted by Crippen LogP contribution is 2.10. The fourth-order valence-corrected chi connectivity index (χ4v) is 2.09. The van der Waals surface area contributed by atoms with Gasteiger partial charge in [0.2, 0.25) is 5.69 Å². The van der Waals surface area contributed by atoms with Crippen LogP contribution in [0.5, 0.6) is 5.95 Å². The second-order valence-corrected chi connectivity index (χ2v) is 4.49. The Balaban J connectivity index is 1.74. The molecule has 0 saturated carbocycles. The maximum Gasteiger partial charge on any atom is 0.255 e. The van der Waals surface area contributed by atoms with E-state index in [2.05, 4.69) is 10.7 Å². The Bertz CT molecular complexity index is 552. The lowest BCUT2D eigenvalue weighted by Crippen LogP contribution is -2.47. The van der Waals surface area contributed by atoms with Crippen molar-refractivity contribution in [2.45, 2.75) is 6.54 Å². The number of hydrogen-bond donors (Lipinski definition) is 1. The smallest absolute Gasteiger partial charge is 0.255 e. The Labute approximate surface area is 116 Å². The maximum absolute atomic E-state index is 11.8. The average Bonchev–Trinajstić information content (AvgIpc) is 2.88. The first kappa shape index (κ1) is 13.0. The number of morpholine rings is 1. The van der Waals surface area contributed by atoms with Crippen LogP contribution >= 0.6 is 0 Å². The molecule has 0 spiro atoms. The van der Waals surface area contributed by atoms with E-state index in [1.165, 1.54) is 4.68 Å². The molecule has 1 fully saturated rings. The van der Waals surface area contributed by atoms with Crippen LogP contribution in [0, 0.1) is 0 Å². The van der Waals surface area contributed by atoms with E-state index in [4.69, 9.17) is 9.26 Å². The maximum atomic E-state index is 11.8. The van der Waals surface area contributed by atoms with Gasteiger partial charge in [0.1, 0.15) is 6.54 Å². The van der Waals surface area contributed by atoms with Gasteiger partial charge in [-0.1, -0.05) is 18.2 Å². The number of rotatable bonds is 4. The van der Waals surface area contributed by atoms with Gasteiger partial charge in [-0.05, 0) is 4.68 Å². The summed E-state index contributed by atoms with van der Waals surface area (Å²) in [5, 5.41) is 17.6. The summed E-state index contributed by atoms with van der Waals surface area (Å²) in [6, 6.07) is 9.44. The zero-order chi connectivity index (χ0) is 13.8. The quantitative estimate of drug-likeness (QED) is 0.749. The molecule has 0 unspecified atom stereocenters. The van der Waals surface area contributed by atoms with Crippen LogP contribution < -0.4 is 15.2 Å². The first-order valence-corrected chi connectivity index (χ1v) is 6.54. The molecule has 1 aromatic heterocycles. The van der Waals surface area contributed by atoms with Crippen molar-refractivity contribution in [2.75, 3.05) is 26.3 Å². The van der Waals surface area contributed by atoms with E-state index in [9.17, 15) is 5.11 Å². The summed E-state index contributed by atoms with van der Waals surface area (Å²) in [6.07, 6.45) is 0. The van der Waals surface area contributed by atoms with E-state index in [0.717, 1.165) is 18.8 Å². The topological polar surface area (TPSA) is 77.5 Å². The van der Waals surface area contributed by atoms with Crippen LogP contribution in [-0.2, 0) is 11.3 Å². The Morgan fingerprint density at radius 2 is 2.00 bits per heavy atom. The van der Waals surface area contributed by atoms with E-state index in [-0.39, 0.29) is 0 Å². The van der Waals surface area contributed by atoms with Gasteiger partial charge in [0.25, 0.3) is 5.69 Å².